The van der Waals surface area contributed by atoms with E-state index in [1.165, 1.54) is 6.42 Å². The number of nitrogens with one attached hydrogen (secondary N) is 2. The van der Waals surface area contributed by atoms with Crippen LogP contribution in [0.3, 0.4) is 0 Å². The maximum Gasteiger partial charge on any atom is 0.261 e. The Kier molecular flexibility index (Phi) is 6.25. The molecule has 2 atom stereocenters. The molecule has 2 aliphatic carbocycles. The summed E-state index contributed by atoms with van der Waals surface area (Å²) in [6, 6.07) is 1.89. The van der Waals surface area contributed by atoms with Gasteiger partial charge in [-0.1, -0.05) is 12.8 Å². The highest BCUT2D eigenvalue weighted by atomic mass is 35.5. The van der Waals surface area contributed by atoms with E-state index in [1.807, 2.05) is 0 Å². The fourth-order valence-corrected chi connectivity index (χ4v) is 3.77. The molecule has 1 aromatic heterocycles. The van der Waals surface area contributed by atoms with Gasteiger partial charge < -0.3 is 16.0 Å². The molecule has 1 fully saturated rings. The maximum absolute atomic E-state index is 12.5. The first-order valence-corrected chi connectivity index (χ1v) is 8.45. The Bertz CT molecular complexity index is 614. The highest BCUT2D eigenvalue weighted by Gasteiger charge is 2.27. The van der Waals surface area contributed by atoms with Gasteiger partial charge in [-0.25, -0.2) is 0 Å². The van der Waals surface area contributed by atoms with Gasteiger partial charge in [0.05, 0.1) is 0 Å². The molecule has 0 saturated heterocycles. The number of hydrogen-bond acceptors (Lipinski definition) is 3. The quantitative estimate of drug-likeness (QED) is 0.786. The van der Waals surface area contributed by atoms with E-state index in [-0.39, 0.29) is 35.5 Å². The minimum atomic E-state index is -0.266. The first-order valence-electron chi connectivity index (χ1n) is 8.45. The van der Waals surface area contributed by atoms with Crippen molar-refractivity contribution in [2.24, 2.45) is 11.7 Å². The number of aromatic amines is 1. The topological polar surface area (TPSA) is 88.0 Å². The molecule has 3 rings (SSSR count). The van der Waals surface area contributed by atoms with Gasteiger partial charge in [-0.3, -0.25) is 9.59 Å². The number of hydrogen-bond donors (Lipinski definition) is 3. The maximum atomic E-state index is 12.5. The Labute approximate surface area is 142 Å². The number of nitrogens with two attached hydrogens (primary N) is 1. The predicted octanol–water partition coefficient (Wildman–Crippen LogP) is 1.92. The van der Waals surface area contributed by atoms with E-state index in [1.54, 1.807) is 6.07 Å². The Morgan fingerprint density at radius 1 is 1.22 bits per heavy atom. The molecule has 5 nitrogen and oxygen atoms in total. The van der Waals surface area contributed by atoms with E-state index in [0.717, 1.165) is 56.2 Å². The third-order valence-electron chi connectivity index (χ3n) is 5.11. The third kappa shape index (κ3) is 3.96. The van der Waals surface area contributed by atoms with Gasteiger partial charge in [-0.15, -0.1) is 12.4 Å². The number of aromatic nitrogens is 1. The van der Waals surface area contributed by atoms with Crippen molar-refractivity contribution in [2.75, 3.05) is 6.54 Å². The highest BCUT2D eigenvalue weighted by Crippen LogP contribution is 2.24. The summed E-state index contributed by atoms with van der Waals surface area (Å²) in [5.41, 5.74) is 7.92. The van der Waals surface area contributed by atoms with Crippen molar-refractivity contribution in [3.8, 4) is 0 Å². The Balaban J connectivity index is 0.00000192. The van der Waals surface area contributed by atoms with Crippen LogP contribution in [0.2, 0.25) is 0 Å². The summed E-state index contributed by atoms with van der Waals surface area (Å²) in [6.07, 6.45) is 8.38. The first-order chi connectivity index (χ1) is 10.7. The van der Waals surface area contributed by atoms with Gasteiger partial charge in [0.15, 0.2) is 0 Å². The van der Waals surface area contributed by atoms with Crippen LogP contribution >= 0.6 is 12.4 Å². The molecule has 1 saturated carbocycles. The van der Waals surface area contributed by atoms with E-state index in [9.17, 15) is 9.59 Å². The second kappa shape index (κ2) is 7.97. The number of pyridine rings is 1. The molecule has 2 aliphatic rings. The van der Waals surface area contributed by atoms with Crippen LogP contribution in [0.25, 0.3) is 0 Å². The van der Waals surface area contributed by atoms with Crippen molar-refractivity contribution in [2.45, 2.75) is 57.4 Å². The molecule has 0 radical (unpaired) electrons. The van der Waals surface area contributed by atoms with Gasteiger partial charge in [0.1, 0.15) is 5.56 Å². The zero-order valence-electron chi connectivity index (χ0n) is 13.4. The molecule has 0 spiro atoms. The molecule has 1 heterocycles. The fourth-order valence-electron chi connectivity index (χ4n) is 3.77. The van der Waals surface area contributed by atoms with Crippen molar-refractivity contribution in [1.82, 2.24) is 10.3 Å². The second-order valence-corrected chi connectivity index (χ2v) is 6.58. The normalized spacial score (nSPS) is 23.5. The van der Waals surface area contributed by atoms with Gasteiger partial charge in [-0.2, -0.15) is 0 Å². The molecule has 4 N–H and O–H groups in total. The van der Waals surface area contributed by atoms with Crippen LogP contribution in [0.1, 0.15) is 60.1 Å². The van der Waals surface area contributed by atoms with Gasteiger partial charge in [-0.05, 0) is 62.6 Å². The summed E-state index contributed by atoms with van der Waals surface area (Å²) in [7, 11) is 0. The molecule has 0 bridgehead atoms. The van der Waals surface area contributed by atoms with Crippen LogP contribution in [0.4, 0.5) is 0 Å². The lowest BCUT2D eigenvalue weighted by atomic mass is 9.84. The van der Waals surface area contributed by atoms with Crippen LogP contribution in [0.5, 0.6) is 0 Å². The van der Waals surface area contributed by atoms with Crippen LogP contribution in [0, 0.1) is 5.92 Å². The summed E-state index contributed by atoms with van der Waals surface area (Å²) in [5, 5.41) is 3.04. The van der Waals surface area contributed by atoms with Gasteiger partial charge in [0.2, 0.25) is 0 Å². The zero-order valence-corrected chi connectivity index (χ0v) is 14.2. The van der Waals surface area contributed by atoms with Crippen LogP contribution < -0.4 is 16.6 Å². The van der Waals surface area contributed by atoms with E-state index < -0.39 is 0 Å². The molecule has 1 aromatic rings. The van der Waals surface area contributed by atoms with Crippen molar-refractivity contribution >= 4 is 18.3 Å². The minimum Gasteiger partial charge on any atom is -0.349 e. The van der Waals surface area contributed by atoms with E-state index >= 15 is 0 Å². The molecular formula is C17H26ClN3O2. The number of amides is 1. The number of carbonyl (C=O) groups is 1. The third-order valence-corrected chi connectivity index (χ3v) is 5.11. The number of aryl methyl sites for hydroxylation is 2. The fraction of sp³-hybridized carbons (Fsp3) is 0.647. The van der Waals surface area contributed by atoms with E-state index in [0.29, 0.717) is 12.5 Å². The van der Waals surface area contributed by atoms with Crippen molar-refractivity contribution < 1.29 is 4.79 Å². The van der Waals surface area contributed by atoms with E-state index in [2.05, 4.69) is 10.3 Å². The molecule has 0 aromatic carbocycles. The number of H-pyrrole nitrogens is 1. The van der Waals surface area contributed by atoms with E-state index in [4.69, 9.17) is 5.73 Å². The standard InChI is InChI=1S/C17H25N3O2.ClH/c18-10-12-6-2-4-8-15(12)20-17(22)13-9-11-5-1-3-7-14(11)19-16(13)21;/h9,12,15H,1-8,10,18H2,(H,19,21)(H,20,22);1H. The van der Waals surface area contributed by atoms with Crippen molar-refractivity contribution in [3.05, 3.63) is 33.2 Å². The smallest absolute Gasteiger partial charge is 0.261 e. The number of fused-ring (bicyclic) bond motifs is 1. The molecule has 1 amide bonds. The number of halogens is 1. The van der Waals surface area contributed by atoms with Crippen molar-refractivity contribution in [1.29, 1.82) is 0 Å². The molecular weight excluding hydrogens is 314 g/mol. The molecule has 6 heteroatoms. The highest BCUT2D eigenvalue weighted by molar-refractivity contribution is 5.94. The average Bonchev–Trinajstić information content (AvgIpc) is 2.54. The van der Waals surface area contributed by atoms with Crippen LogP contribution in [0.15, 0.2) is 10.9 Å². The van der Waals surface area contributed by atoms with Crippen LogP contribution in [-0.4, -0.2) is 23.5 Å². The summed E-state index contributed by atoms with van der Waals surface area (Å²) >= 11 is 0. The second-order valence-electron chi connectivity index (χ2n) is 6.58. The molecule has 128 valence electrons. The SMILES string of the molecule is Cl.NCC1CCCCC1NC(=O)c1cc2c([nH]c1=O)CCCC2. The molecule has 23 heavy (non-hydrogen) atoms. The Hall–Kier alpha value is -1.33. The lowest BCUT2D eigenvalue weighted by Crippen LogP contribution is -2.46. The monoisotopic (exact) mass is 339 g/mol. The van der Waals surface area contributed by atoms with Crippen molar-refractivity contribution in [3.63, 3.8) is 0 Å². The van der Waals surface area contributed by atoms with Gasteiger partial charge >= 0.3 is 0 Å². The van der Waals surface area contributed by atoms with Gasteiger partial charge in [0.25, 0.3) is 11.5 Å². The van der Waals surface area contributed by atoms with Gasteiger partial charge in [0, 0.05) is 11.7 Å². The molecule has 2 unspecified atom stereocenters. The summed E-state index contributed by atoms with van der Waals surface area (Å²) in [6.45, 7) is 0.589. The predicted molar refractivity (Wildman–Crippen MR) is 93.2 cm³/mol. The Morgan fingerprint density at radius 2 is 1.96 bits per heavy atom. The Morgan fingerprint density at radius 3 is 2.74 bits per heavy atom. The summed E-state index contributed by atoms with van der Waals surface area (Å²) < 4.78 is 0. The largest absolute Gasteiger partial charge is 0.349 e. The lowest BCUT2D eigenvalue weighted by molar-refractivity contribution is 0.0906. The number of carbonyl (C=O) groups excluding carboxylic acids is 1. The summed E-state index contributed by atoms with van der Waals surface area (Å²) in [5.74, 6) is 0.0781. The zero-order chi connectivity index (χ0) is 15.5. The average molecular weight is 340 g/mol. The molecule has 0 aliphatic heterocycles. The van der Waals surface area contributed by atoms with Crippen LogP contribution in [-0.2, 0) is 12.8 Å². The first kappa shape index (κ1) is 18.0. The minimum absolute atomic E-state index is 0. The number of rotatable bonds is 3. The lowest BCUT2D eigenvalue weighted by Gasteiger charge is -2.31. The summed E-state index contributed by atoms with van der Waals surface area (Å²) in [4.78, 5) is 27.6.